The third-order valence-corrected chi connectivity index (χ3v) is 3.30. The Bertz CT molecular complexity index is 555. The first-order chi connectivity index (χ1) is 10.1. The number of ether oxygens (including phenoxy) is 2. The van der Waals surface area contributed by atoms with Gasteiger partial charge in [0.2, 0.25) is 5.91 Å². The minimum Gasteiger partial charge on any atom is -0.467 e. The first-order valence-electron chi connectivity index (χ1n) is 7.08. The second-order valence-electron chi connectivity index (χ2n) is 4.97. The lowest BCUT2D eigenvalue weighted by Crippen LogP contribution is -2.26. The van der Waals surface area contributed by atoms with Crippen molar-refractivity contribution in [3.63, 3.8) is 0 Å². The lowest BCUT2D eigenvalue weighted by molar-refractivity contribution is -0.117. The molecule has 4 nitrogen and oxygen atoms in total. The molecule has 1 aromatic carbocycles. The molecule has 1 aromatic rings. The molecule has 0 atom stereocenters. The highest BCUT2D eigenvalue weighted by Crippen LogP contribution is 2.29. The molecule has 0 saturated heterocycles. The van der Waals surface area contributed by atoms with Crippen LogP contribution in [0.5, 0.6) is 5.75 Å². The fourth-order valence-corrected chi connectivity index (χ4v) is 2.29. The Morgan fingerprint density at radius 1 is 1.48 bits per heavy atom. The predicted octanol–water partition coefficient (Wildman–Crippen LogP) is 2.71. The molecule has 114 valence electrons. The summed E-state index contributed by atoms with van der Waals surface area (Å²) in [5.41, 5.74) is 2.17. The van der Waals surface area contributed by atoms with Gasteiger partial charge in [-0.05, 0) is 37.5 Å². The van der Waals surface area contributed by atoms with E-state index in [0.29, 0.717) is 36.5 Å². The molecule has 0 unspecified atom stereocenters. The summed E-state index contributed by atoms with van der Waals surface area (Å²) in [6.07, 6.45) is 3.22. The number of halogens is 1. The smallest absolute Gasteiger partial charge is 0.246 e. The minimum absolute atomic E-state index is 0.0913. The van der Waals surface area contributed by atoms with E-state index in [0.717, 1.165) is 12.0 Å². The number of hydrogen-bond donors (Lipinski definition) is 1. The Hall–Kier alpha value is -1.88. The molecule has 0 saturated carbocycles. The highest BCUT2D eigenvalue weighted by Gasteiger charge is 2.16. The SMILES string of the molecule is CC/C=C(/C)C(=O)NCCc1cc(F)cc2c1OCOC2. The normalized spacial score (nSPS) is 14.3. The van der Waals surface area contributed by atoms with Gasteiger partial charge in [-0.15, -0.1) is 0 Å². The van der Waals surface area contributed by atoms with E-state index in [1.54, 1.807) is 6.92 Å². The summed E-state index contributed by atoms with van der Waals surface area (Å²) in [5, 5.41) is 2.83. The van der Waals surface area contributed by atoms with Crippen molar-refractivity contribution in [2.45, 2.75) is 33.3 Å². The number of allylic oxidation sites excluding steroid dienone is 1. The highest BCUT2D eigenvalue weighted by atomic mass is 19.1. The Kier molecular flexibility index (Phi) is 5.33. The van der Waals surface area contributed by atoms with Crippen molar-refractivity contribution in [3.05, 3.63) is 40.7 Å². The van der Waals surface area contributed by atoms with Crippen LogP contribution in [-0.4, -0.2) is 19.2 Å². The van der Waals surface area contributed by atoms with E-state index >= 15 is 0 Å². The Labute approximate surface area is 123 Å². The fourth-order valence-electron chi connectivity index (χ4n) is 2.29. The fraction of sp³-hybridized carbons (Fsp3) is 0.438. The van der Waals surface area contributed by atoms with E-state index in [9.17, 15) is 9.18 Å². The van der Waals surface area contributed by atoms with Gasteiger partial charge in [0.05, 0.1) is 6.61 Å². The lowest BCUT2D eigenvalue weighted by atomic mass is 10.1. The zero-order valence-electron chi connectivity index (χ0n) is 12.4. The van der Waals surface area contributed by atoms with Crippen LogP contribution in [0.15, 0.2) is 23.8 Å². The second-order valence-corrected chi connectivity index (χ2v) is 4.97. The average Bonchev–Trinajstić information content (AvgIpc) is 2.47. The standard InChI is InChI=1S/C16H20FNO3/c1-3-4-11(2)16(19)18-6-5-12-7-14(17)8-13-9-20-10-21-15(12)13/h4,7-8H,3,5-6,9-10H2,1-2H3,(H,18,19)/b11-4-. The Morgan fingerprint density at radius 2 is 2.29 bits per heavy atom. The molecule has 0 bridgehead atoms. The van der Waals surface area contributed by atoms with Crippen molar-refractivity contribution in [1.82, 2.24) is 5.32 Å². The third kappa shape index (κ3) is 4.04. The molecule has 2 rings (SSSR count). The van der Waals surface area contributed by atoms with Crippen LogP contribution in [0.3, 0.4) is 0 Å². The number of nitrogens with one attached hydrogen (secondary N) is 1. The molecule has 1 N–H and O–H groups in total. The van der Waals surface area contributed by atoms with Gasteiger partial charge in [-0.3, -0.25) is 4.79 Å². The van der Waals surface area contributed by atoms with E-state index in [4.69, 9.17) is 9.47 Å². The lowest BCUT2D eigenvalue weighted by Gasteiger charge is -2.21. The van der Waals surface area contributed by atoms with Crippen LogP contribution in [0.2, 0.25) is 0 Å². The topological polar surface area (TPSA) is 47.6 Å². The van der Waals surface area contributed by atoms with Crippen LogP contribution >= 0.6 is 0 Å². The van der Waals surface area contributed by atoms with E-state index < -0.39 is 0 Å². The third-order valence-electron chi connectivity index (χ3n) is 3.30. The van der Waals surface area contributed by atoms with Crippen LogP contribution in [0.25, 0.3) is 0 Å². The summed E-state index contributed by atoms with van der Waals surface area (Å²) in [7, 11) is 0. The number of fused-ring (bicyclic) bond motifs is 1. The Morgan fingerprint density at radius 3 is 3.05 bits per heavy atom. The quantitative estimate of drug-likeness (QED) is 0.849. The molecular weight excluding hydrogens is 273 g/mol. The molecule has 0 radical (unpaired) electrons. The molecule has 5 heteroatoms. The van der Waals surface area contributed by atoms with Crippen molar-refractivity contribution in [2.24, 2.45) is 0 Å². The summed E-state index contributed by atoms with van der Waals surface area (Å²) in [6, 6.07) is 2.87. The van der Waals surface area contributed by atoms with E-state index in [-0.39, 0.29) is 18.5 Å². The van der Waals surface area contributed by atoms with Crippen LogP contribution in [0, 0.1) is 5.82 Å². The molecule has 0 aromatic heterocycles. The zero-order valence-corrected chi connectivity index (χ0v) is 12.4. The predicted molar refractivity (Wildman–Crippen MR) is 77.4 cm³/mol. The molecule has 0 spiro atoms. The summed E-state index contributed by atoms with van der Waals surface area (Å²) < 4.78 is 24.1. The number of amides is 1. The van der Waals surface area contributed by atoms with Crippen molar-refractivity contribution < 1.29 is 18.7 Å². The highest BCUT2D eigenvalue weighted by molar-refractivity contribution is 5.92. The first-order valence-corrected chi connectivity index (χ1v) is 7.08. The molecule has 0 fully saturated rings. The molecule has 0 aliphatic carbocycles. The number of hydrogen-bond acceptors (Lipinski definition) is 3. The monoisotopic (exact) mass is 293 g/mol. The van der Waals surface area contributed by atoms with Gasteiger partial charge in [-0.2, -0.15) is 0 Å². The van der Waals surface area contributed by atoms with Gasteiger partial charge >= 0.3 is 0 Å². The van der Waals surface area contributed by atoms with Gasteiger partial charge in [0, 0.05) is 17.7 Å². The van der Waals surface area contributed by atoms with E-state index in [1.165, 1.54) is 12.1 Å². The summed E-state index contributed by atoms with van der Waals surface area (Å²) in [5.74, 6) is 0.273. The number of benzene rings is 1. The maximum atomic E-state index is 13.6. The number of rotatable bonds is 5. The second kappa shape index (κ2) is 7.22. The average molecular weight is 293 g/mol. The summed E-state index contributed by atoms with van der Waals surface area (Å²) >= 11 is 0. The van der Waals surface area contributed by atoms with E-state index in [2.05, 4.69) is 5.32 Å². The molecule has 21 heavy (non-hydrogen) atoms. The maximum Gasteiger partial charge on any atom is 0.246 e. The molecule has 1 amide bonds. The Balaban J connectivity index is 1.99. The van der Waals surface area contributed by atoms with E-state index in [1.807, 2.05) is 13.0 Å². The number of carbonyl (C=O) groups is 1. The largest absolute Gasteiger partial charge is 0.467 e. The summed E-state index contributed by atoms with van der Waals surface area (Å²) in [4.78, 5) is 11.8. The van der Waals surface area contributed by atoms with Crippen LogP contribution in [0.1, 0.15) is 31.4 Å². The minimum atomic E-state index is -0.314. The van der Waals surface area contributed by atoms with Crippen molar-refractivity contribution in [3.8, 4) is 5.75 Å². The molecule has 1 aliphatic rings. The molecule has 1 heterocycles. The maximum absolute atomic E-state index is 13.6. The van der Waals surface area contributed by atoms with Crippen molar-refractivity contribution in [2.75, 3.05) is 13.3 Å². The van der Waals surface area contributed by atoms with Crippen LogP contribution in [-0.2, 0) is 22.6 Å². The van der Waals surface area contributed by atoms with Crippen molar-refractivity contribution >= 4 is 5.91 Å². The zero-order chi connectivity index (χ0) is 15.2. The first kappa shape index (κ1) is 15.5. The van der Waals surface area contributed by atoms with Gasteiger partial charge in [0.1, 0.15) is 11.6 Å². The van der Waals surface area contributed by atoms with Gasteiger partial charge in [-0.1, -0.05) is 13.0 Å². The van der Waals surface area contributed by atoms with Gasteiger partial charge in [0.25, 0.3) is 0 Å². The van der Waals surface area contributed by atoms with Gasteiger partial charge in [0.15, 0.2) is 6.79 Å². The molecular formula is C16H20FNO3. The van der Waals surface area contributed by atoms with Crippen LogP contribution < -0.4 is 10.1 Å². The van der Waals surface area contributed by atoms with Crippen molar-refractivity contribution in [1.29, 1.82) is 0 Å². The van der Waals surface area contributed by atoms with Gasteiger partial charge in [-0.25, -0.2) is 4.39 Å². The number of carbonyl (C=O) groups excluding carboxylic acids is 1. The molecule has 1 aliphatic heterocycles. The van der Waals surface area contributed by atoms with Gasteiger partial charge < -0.3 is 14.8 Å². The summed E-state index contributed by atoms with van der Waals surface area (Å²) in [6.45, 7) is 4.73. The van der Waals surface area contributed by atoms with Crippen LogP contribution in [0.4, 0.5) is 4.39 Å².